The predicted molar refractivity (Wildman–Crippen MR) is 129 cm³/mol. The van der Waals surface area contributed by atoms with Crippen LogP contribution in [-0.4, -0.2) is 15.3 Å². The zero-order chi connectivity index (χ0) is 22.2. The van der Waals surface area contributed by atoms with Gasteiger partial charge in [0.25, 0.3) is 5.89 Å². The largest absolute Gasteiger partial charge is 0.351 e. The van der Waals surface area contributed by atoms with Crippen molar-refractivity contribution >= 4 is 39.9 Å². The average molecular weight is 463 g/mol. The summed E-state index contributed by atoms with van der Waals surface area (Å²) in [6, 6.07) is 18.6. The Morgan fingerprint density at radius 2 is 1.91 bits per heavy atom. The third-order valence-electron chi connectivity index (χ3n) is 5.42. The number of aromatic nitrogens is 2. The van der Waals surface area contributed by atoms with Gasteiger partial charge in [0.2, 0.25) is 5.82 Å². The van der Waals surface area contributed by atoms with Gasteiger partial charge in [-0.25, -0.2) is 4.39 Å². The van der Waals surface area contributed by atoms with Crippen LogP contribution in [0.2, 0.25) is 0 Å². The molecule has 0 radical (unpaired) electrons. The van der Waals surface area contributed by atoms with Crippen LogP contribution in [0.5, 0.6) is 0 Å². The smallest absolute Gasteiger partial charge is 0.258 e. The zero-order valence-electron chi connectivity index (χ0n) is 17.4. The summed E-state index contributed by atoms with van der Waals surface area (Å²) in [7, 11) is 0. The van der Waals surface area contributed by atoms with Crippen molar-refractivity contribution < 1.29 is 8.91 Å². The number of nitrogens with one attached hydrogen (secondary N) is 1. The molecule has 2 aromatic carbocycles. The van der Waals surface area contributed by atoms with Crippen LogP contribution < -0.4 is 10.2 Å². The molecule has 1 unspecified atom stereocenters. The van der Waals surface area contributed by atoms with E-state index in [0.29, 0.717) is 22.4 Å². The van der Waals surface area contributed by atoms with Gasteiger partial charge in [0, 0.05) is 11.4 Å². The first-order valence-electron chi connectivity index (χ1n) is 10.0. The summed E-state index contributed by atoms with van der Waals surface area (Å²) in [5.74, 6) is 0.698. The normalized spacial score (nSPS) is 16.4. The molecule has 1 N–H and O–H groups in total. The maximum absolute atomic E-state index is 13.9. The van der Waals surface area contributed by atoms with Crippen LogP contribution in [0.15, 0.2) is 76.3 Å². The van der Waals surface area contributed by atoms with Gasteiger partial charge in [-0.15, -0.1) is 11.3 Å². The Morgan fingerprint density at radius 3 is 2.62 bits per heavy atom. The van der Waals surface area contributed by atoms with Gasteiger partial charge in [0.05, 0.1) is 16.5 Å². The van der Waals surface area contributed by atoms with Crippen molar-refractivity contribution in [1.29, 1.82) is 0 Å². The van der Waals surface area contributed by atoms with Gasteiger partial charge in [-0.2, -0.15) is 4.98 Å². The molecule has 1 aliphatic rings. The number of hydrogen-bond donors (Lipinski definition) is 1. The van der Waals surface area contributed by atoms with Crippen molar-refractivity contribution in [1.82, 2.24) is 15.5 Å². The van der Waals surface area contributed by atoms with Crippen LogP contribution in [0.25, 0.3) is 16.3 Å². The number of hydrogen-bond acceptors (Lipinski definition) is 5. The van der Waals surface area contributed by atoms with E-state index in [1.165, 1.54) is 6.07 Å². The predicted octanol–water partition coefficient (Wildman–Crippen LogP) is 6.11. The topological polar surface area (TPSA) is 54.2 Å². The molecule has 0 amide bonds. The molecule has 1 atom stereocenters. The highest BCUT2D eigenvalue weighted by atomic mass is 32.1. The Kier molecular flexibility index (Phi) is 5.32. The number of allylic oxidation sites excluding steroid dienone is 1. The molecule has 160 valence electrons. The van der Waals surface area contributed by atoms with Gasteiger partial charge in [0.1, 0.15) is 5.82 Å². The number of rotatable bonds is 4. The molecular formula is C24H19FN4OS2. The molecule has 0 saturated heterocycles. The summed E-state index contributed by atoms with van der Waals surface area (Å²) < 4.78 is 19.6. The first kappa shape index (κ1) is 20.5. The van der Waals surface area contributed by atoms with E-state index in [4.69, 9.17) is 21.7 Å². The van der Waals surface area contributed by atoms with Gasteiger partial charge in [0.15, 0.2) is 5.11 Å². The van der Waals surface area contributed by atoms with Gasteiger partial charge in [-0.05, 0) is 66.8 Å². The minimum absolute atomic E-state index is 0.258. The summed E-state index contributed by atoms with van der Waals surface area (Å²) in [5, 5.41) is 10.1. The van der Waals surface area contributed by atoms with Crippen molar-refractivity contribution in [3.05, 3.63) is 94.6 Å². The van der Waals surface area contributed by atoms with E-state index >= 15 is 0 Å². The van der Waals surface area contributed by atoms with Crippen molar-refractivity contribution in [2.24, 2.45) is 0 Å². The molecule has 4 aromatic rings. The van der Waals surface area contributed by atoms with E-state index in [0.717, 1.165) is 27.4 Å². The molecule has 0 saturated carbocycles. The lowest BCUT2D eigenvalue weighted by Crippen LogP contribution is -2.46. The summed E-state index contributed by atoms with van der Waals surface area (Å²) in [6.45, 7) is 3.70. The van der Waals surface area contributed by atoms with E-state index < -0.39 is 0 Å². The van der Waals surface area contributed by atoms with Gasteiger partial charge in [-0.3, -0.25) is 4.90 Å². The fourth-order valence-corrected chi connectivity index (χ4v) is 4.84. The molecule has 0 spiro atoms. The molecule has 8 heteroatoms. The Bertz CT molecular complexity index is 1320. The average Bonchev–Trinajstić information content (AvgIpc) is 3.48. The summed E-state index contributed by atoms with van der Waals surface area (Å²) in [4.78, 5) is 7.50. The third kappa shape index (κ3) is 3.61. The second kappa shape index (κ2) is 8.29. The Labute approximate surface area is 194 Å². The number of aryl methyl sites for hydroxylation is 1. The number of benzene rings is 2. The first-order chi connectivity index (χ1) is 15.5. The van der Waals surface area contributed by atoms with Gasteiger partial charge >= 0.3 is 0 Å². The molecular weight excluding hydrogens is 443 g/mol. The van der Waals surface area contributed by atoms with Gasteiger partial charge in [-0.1, -0.05) is 41.6 Å². The van der Waals surface area contributed by atoms with E-state index in [-0.39, 0.29) is 11.9 Å². The molecule has 1 aliphatic heterocycles. The van der Waals surface area contributed by atoms with Crippen molar-refractivity contribution in [2.75, 3.05) is 4.90 Å². The summed E-state index contributed by atoms with van der Waals surface area (Å²) >= 11 is 7.29. The fraction of sp³-hybridized carbons (Fsp3) is 0.125. The van der Waals surface area contributed by atoms with Crippen molar-refractivity contribution in [3.8, 4) is 10.7 Å². The highest BCUT2D eigenvalue weighted by Crippen LogP contribution is 2.39. The molecule has 0 bridgehead atoms. The van der Waals surface area contributed by atoms with Crippen LogP contribution in [0.4, 0.5) is 10.1 Å². The molecule has 5 nitrogen and oxygen atoms in total. The SMILES string of the molecule is CC1=C(c2nc(-c3cccs3)no2)C(c2ccccc2)NC(=S)N1c1ccc(F)c(C)c1. The van der Waals surface area contributed by atoms with Crippen LogP contribution >= 0.6 is 23.6 Å². The molecule has 32 heavy (non-hydrogen) atoms. The standard InChI is InChI=1S/C24H19FN4OS2/c1-14-13-17(10-11-18(14)25)29-15(2)20(21(26-24(29)31)16-7-4-3-5-8-16)23-27-22(28-30-23)19-9-6-12-32-19/h3-13,21H,1-2H3,(H,26,31). The summed E-state index contributed by atoms with van der Waals surface area (Å²) in [6.07, 6.45) is 0. The number of thiophene rings is 1. The lowest BCUT2D eigenvalue weighted by Gasteiger charge is -2.37. The minimum atomic E-state index is -0.266. The Balaban J connectivity index is 1.67. The van der Waals surface area contributed by atoms with E-state index in [2.05, 4.69) is 10.5 Å². The van der Waals surface area contributed by atoms with Crippen LogP contribution in [0, 0.1) is 12.7 Å². The monoisotopic (exact) mass is 462 g/mol. The van der Waals surface area contributed by atoms with Crippen LogP contribution in [0.1, 0.15) is 30.0 Å². The Hall–Kier alpha value is -3.36. The fourth-order valence-electron chi connectivity index (χ4n) is 3.83. The zero-order valence-corrected chi connectivity index (χ0v) is 19.0. The van der Waals surface area contributed by atoms with E-state index in [9.17, 15) is 4.39 Å². The minimum Gasteiger partial charge on any atom is -0.351 e. The molecule has 0 aliphatic carbocycles. The lowest BCUT2D eigenvalue weighted by atomic mass is 9.94. The number of nitrogens with zero attached hydrogens (tertiary/aromatic N) is 3. The van der Waals surface area contributed by atoms with Crippen LogP contribution in [-0.2, 0) is 0 Å². The maximum atomic E-state index is 13.9. The van der Waals surface area contributed by atoms with E-state index in [1.807, 2.05) is 59.7 Å². The molecule has 3 heterocycles. The highest BCUT2D eigenvalue weighted by molar-refractivity contribution is 7.80. The van der Waals surface area contributed by atoms with Crippen molar-refractivity contribution in [2.45, 2.75) is 19.9 Å². The number of thiocarbonyl (C=S) groups is 1. The second-order valence-electron chi connectivity index (χ2n) is 7.46. The van der Waals surface area contributed by atoms with Gasteiger partial charge < -0.3 is 9.84 Å². The number of anilines is 1. The quantitative estimate of drug-likeness (QED) is 0.369. The maximum Gasteiger partial charge on any atom is 0.258 e. The van der Waals surface area contributed by atoms with E-state index in [1.54, 1.807) is 30.4 Å². The highest BCUT2D eigenvalue weighted by Gasteiger charge is 2.34. The lowest BCUT2D eigenvalue weighted by molar-refractivity contribution is 0.404. The Morgan fingerprint density at radius 1 is 1.09 bits per heavy atom. The molecule has 0 fully saturated rings. The van der Waals surface area contributed by atoms with Crippen LogP contribution in [0.3, 0.4) is 0 Å². The summed E-state index contributed by atoms with van der Waals surface area (Å²) in [5.41, 5.74) is 4.00. The molecule has 5 rings (SSSR count). The third-order valence-corrected chi connectivity index (χ3v) is 6.58. The molecule has 2 aromatic heterocycles. The number of halogens is 1. The second-order valence-corrected chi connectivity index (χ2v) is 8.80. The van der Waals surface area contributed by atoms with Crippen molar-refractivity contribution in [3.63, 3.8) is 0 Å². The first-order valence-corrected chi connectivity index (χ1v) is 11.3.